The molecule has 0 unspecified atom stereocenters. The minimum atomic E-state index is -1.06. The quantitative estimate of drug-likeness (QED) is 0.682. The zero-order valence-corrected chi connectivity index (χ0v) is 13.4. The van der Waals surface area contributed by atoms with Crippen molar-refractivity contribution < 1.29 is 14.3 Å². The van der Waals surface area contributed by atoms with Crippen molar-refractivity contribution in [2.24, 2.45) is 5.92 Å². The summed E-state index contributed by atoms with van der Waals surface area (Å²) in [4.78, 5) is 24.5. The molecule has 1 heterocycles. The maximum absolute atomic E-state index is 12.4. The number of thioether (sulfide) groups is 1. The van der Waals surface area contributed by atoms with Gasteiger partial charge in [0.15, 0.2) is 0 Å². The van der Waals surface area contributed by atoms with Crippen LogP contribution in [0.5, 0.6) is 0 Å². The van der Waals surface area contributed by atoms with Crippen LogP contribution < -0.4 is 5.32 Å². The first-order valence-corrected chi connectivity index (χ1v) is 7.90. The molecule has 1 aromatic carbocycles. The van der Waals surface area contributed by atoms with Gasteiger partial charge in [0.25, 0.3) is 0 Å². The Labute approximate surface area is 133 Å². The topological polar surface area (TPSA) is 79.2 Å². The summed E-state index contributed by atoms with van der Waals surface area (Å²) in [5.74, 6) is -2.77. The minimum absolute atomic E-state index is 0.386. The van der Waals surface area contributed by atoms with Gasteiger partial charge < -0.3 is 10.1 Å². The molecule has 2 atom stereocenters. The largest absolute Gasteiger partial charge is 0.468 e. The van der Waals surface area contributed by atoms with E-state index in [0.29, 0.717) is 10.6 Å². The maximum atomic E-state index is 12.4. The van der Waals surface area contributed by atoms with E-state index < -0.39 is 23.7 Å². The second-order valence-electron chi connectivity index (χ2n) is 4.88. The summed E-state index contributed by atoms with van der Waals surface area (Å²) in [6, 6.07) is 9.58. The van der Waals surface area contributed by atoms with Gasteiger partial charge in [-0.05, 0) is 24.3 Å². The number of hydrogen-bond acceptors (Lipinski definition) is 5. The summed E-state index contributed by atoms with van der Waals surface area (Å²) in [6.45, 7) is 1.89. The van der Waals surface area contributed by atoms with Gasteiger partial charge in [-0.2, -0.15) is 5.26 Å². The predicted molar refractivity (Wildman–Crippen MR) is 83.7 cm³/mol. The summed E-state index contributed by atoms with van der Waals surface area (Å²) in [7, 11) is 1.24. The van der Waals surface area contributed by atoms with E-state index in [0.717, 1.165) is 11.1 Å². The average molecular weight is 316 g/mol. The molecule has 0 saturated carbocycles. The van der Waals surface area contributed by atoms with Gasteiger partial charge in [-0.15, -0.1) is 11.8 Å². The highest BCUT2D eigenvalue weighted by atomic mass is 32.2. The number of nitrogens with zero attached hydrogens (tertiary/aromatic N) is 1. The van der Waals surface area contributed by atoms with Crippen LogP contribution in [0.4, 0.5) is 0 Å². The average Bonchev–Trinajstić information content (AvgIpc) is 2.53. The molecule has 114 valence electrons. The van der Waals surface area contributed by atoms with Crippen LogP contribution in [-0.4, -0.2) is 25.2 Å². The smallest absolute Gasteiger partial charge is 0.319 e. The lowest BCUT2D eigenvalue weighted by Crippen LogP contribution is -2.44. The molecule has 2 rings (SSSR count). The van der Waals surface area contributed by atoms with Gasteiger partial charge in [0.05, 0.1) is 23.8 Å². The Morgan fingerprint density at radius 2 is 2.09 bits per heavy atom. The number of amides is 1. The molecular formula is C16H16N2O3S. The van der Waals surface area contributed by atoms with Crippen LogP contribution in [-0.2, 0) is 14.3 Å². The molecular weight excluding hydrogens is 300 g/mol. The predicted octanol–water partition coefficient (Wildman–Crippen LogP) is 2.10. The second-order valence-corrected chi connectivity index (χ2v) is 5.70. The molecule has 22 heavy (non-hydrogen) atoms. The molecule has 0 aromatic heterocycles. The summed E-state index contributed by atoms with van der Waals surface area (Å²) in [5.41, 5.74) is 2.09. The summed E-state index contributed by atoms with van der Waals surface area (Å²) < 4.78 is 4.77. The molecule has 0 spiro atoms. The van der Waals surface area contributed by atoms with Crippen molar-refractivity contribution in [3.63, 3.8) is 0 Å². The van der Waals surface area contributed by atoms with Gasteiger partial charge in [0, 0.05) is 5.92 Å². The molecule has 0 fully saturated rings. The highest BCUT2D eigenvalue weighted by molar-refractivity contribution is 8.02. The van der Waals surface area contributed by atoms with Crippen LogP contribution in [0.15, 0.2) is 34.9 Å². The van der Waals surface area contributed by atoms with Gasteiger partial charge in [-0.25, -0.2) is 0 Å². The van der Waals surface area contributed by atoms with E-state index in [1.165, 1.54) is 18.9 Å². The SMILES string of the molecule is COC(=O)[C@@H]1C(=O)NC(SC)=C(C#N)[C@@H]1c1ccccc1C. The number of allylic oxidation sites excluding steroid dienone is 1. The maximum Gasteiger partial charge on any atom is 0.319 e. The molecule has 1 aromatic rings. The van der Waals surface area contributed by atoms with Gasteiger partial charge in [-0.3, -0.25) is 9.59 Å². The fraction of sp³-hybridized carbons (Fsp3) is 0.312. The van der Waals surface area contributed by atoms with E-state index in [4.69, 9.17) is 4.74 Å². The number of rotatable bonds is 3. The first-order valence-electron chi connectivity index (χ1n) is 6.67. The number of hydrogen-bond donors (Lipinski definition) is 1. The van der Waals surface area contributed by atoms with E-state index in [2.05, 4.69) is 11.4 Å². The van der Waals surface area contributed by atoms with Crippen molar-refractivity contribution in [1.29, 1.82) is 5.26 Å². The van der Waals surface area contributed by atoms with Crippen molar-refractivity contribution >= 4 is 23.6 Å². The Balaban J connectivity index is 2.69. The Hall–Kier alpha value is -2.26. The minimum Gasteiger partial charge on any atom is -0.468 e. The summed E-state index contributed by atoms with van der Waals surface area (Å²) in [6.07, 6.45) is 1.78. The fourth-order valence-electron chi connectivity index (χ4n) is 2.64. The van der Waals surface area contributed by atoms with E-state index in [1.807, 2.05) is 31.2 Å². The molecule has 6 heteroatoms. The van der Waals surface area contributed by atoms with Crippen LogP contribution in [0.1, 0.15) is 17.0 Å². The molecule has 1 N–H and O–H groups in total. The lowest BCUT2D eigenvalue weighted by atomic mass is 9.77. The third-order valence-electron chi connectivity index (χ3n) is 3.71. The number of nitriles is 1. The Morgan fingerprint density at radius 3 is 2.64 bits per heavy atom. The van der Waals surface area contributed by atoms with Crippen LogP contribution >= 0.6 is 11.8 Å². The lowest BCUT2D eigenvalue weighted by molar-refractivity contribution is -0.150. The molecule has 5 nitrogen and oxygen atoms in total. The van der Waals surface area contributed by atoms with E-state index in [1.54, 1.807) is 6.26 Å². The van der Waals surface area contributed by atoms with Gasteiger partial charge >= 0.3 is 5.97 Å². The molecule has 0 aliphatic carbocycles. The molecule has 0 bridgehead atoms. The Kier molecular flexibility index (Phi) is 4.88. The standard InChI is InChI=1S/C16H16N2O3S/c1-9-6-4-5-7-10(9)12-11(8-17)15(22-3)18-14(19)13(12)16(20)21-2/h4-7,12-13H,1-3H3,(H,18,19)/t12-,13-/m0/s1. The number of esters is 1. The van der Waals surface area contributed by atoms with Crippen molar-refractivity contribution in [3.8, 4) is 6.07 Å². The Morgan fingerprint density at radius 1 is 1.41 bits per heavy atom. The van der Waals surface area contributed by atoms with E-state index in [9.17, 15) is 14.9 Å². The molecule has 1 amide bonds. The van der Waals surface area contributed by atoms with Gasteiger partial charge in [0.2, 0.25) is 5.91 Å². The number of aryl methyl sites for hydroxylation is 1. The third kappa shape index (κ3) is 2.72. The summed E-state index contributed by atoms with van der Waals surface area (Å²) >= 11 is 1.28. The zero-order valence-electron chi connectivity index (χ0n) is 12.5. The normalized spacial score (nSPS) is 21.1. The first kappa shape index (κ1) is 16.1. The van der Waals surface area contributed by atoms with Crippen molar-refractivity contribution in [1.82, 2.24) is 5.32 Å². The number of nitrogens with one attached hydrogen (secondary N) is 1. The fourth-order valence-corrected chi connectivity index (χ4v) is 3.23. The molecule has 1 aliphatic heterocycles. The monoisotopic (exact) mass is 316 g/mol. The molecule has 0 radical (unpaired) electrons. The van der Waals surface area contributed by atoms with Gasteiger partial charge in [0.1, 0.15) is 5.92 Å². The second kappa shape index (κ2) is 6.67. The van der Waals surface area contributed by atoms with Crippen molar-refractivity contribution in [3.05, 3.63) is 46.0 Å². The first-order chi connectivity index (χ1) is 10.5. The van der Waals surface area contributed by atoms with Crippen LogP contribution in [0, 0.1) is 24.2 Å². The molecule has 1 aliphatic rings. The van der Waals surface area contributed by atoms with Gasteiger partial charge in [-0.1, -0.05) is 24.3 Å². The van der Waals surface area contributed by atoms with Crippen molar-refractivity contribution in [2.75, 3.05) is 13.4 Å². The molecule has 0 saturated heterocycles. The van der Waals surface area contributed by atoms with Crippen LogP contribution in [0.3, 0.4) is 0 Å². The van der Waals surface area contributed by atoms with Crippen LogP contribution in [0.2, 0.25) is 0 Å². The lowest BCUT2D eigenvalue weighted by Gasteiger charge is -2.31. The highest BCUT2D eigenvalue weighted by Gasteiger charge is 2.44. The number of methoxy groups -OCH3 is 1. The third-order valence-corrected chi connectivity index (χ3v) is 4.44. The number of carbonyl (C=O) groups excluding carboxylic acids is 2. The zero-order chi connectivity index (χ0) is 16.3. The van der Waals surface area contributed by atoms with E-state index >= 15 is 0 Å². The van der Waals surface area contributed by atoms with E-state index in [-0.39, 0.29) is 0 Å². The summed E-state index contributed by atoms with van der Waals surface area (Å²) in [5, 5.41) is 12.7. The van der Waals surface area contributed by atoms with Crippen LogP contribution in [0.25, 0.3) is 0 Å². The number of ether oxygens (including phenoxy) is 1. The van der Waals surface area contributed by atoms with Crippen molar-refractivity contribution in [2.45, 2.75) is 12.8 Å². The number of carbonyl (C=O) groups is 2. The number of benzene rings is 1. The highest BCUT2D eigenvalue weighted by Crippen LogP contribution is 2.40. The Bertz CT molecular complexity index is 691.